The second-order valence-corrected chi connectivity index (χ2v) is 8.58. The highest BCUT2D eigenvalue weighted by Gasteiger charge is 2.32. The predicted octanol–water partition coefficient (Wildman–Crippen LogP) is 5.97. The number of aliphatic carboxylic acids is 1. The Hall–Kier alpha value is -3.47. The number of carbonyl (C=O) groups is 2. The van der Waals surface area contributed by atoms with Crippen LogP contribution in [0.1, 0.15) is 39.2 Å². The molecule has 0 aliphatic rings. The smallest absolute Gasteiger partial charge is 0.492 e. The van der Waals surface area contributed by atoms with Crippen LogP contribution in [0, 0.1) is 5.92 Å². The quantitative estimate of drug-likeness (QED) is 0.289. The third kappa shape index (κ3) is 10.5. The van der Waals surface area contributed by atoms with E-state index in [4.69, 9.17) is 9.47 Å². The summed E-state index contributed by atoms with van der Waals surface area (Å²) in [7, 11) is 0. The molecule has 38 heavy (non-hydrogen) atoms. The van der Waals surface area contributed by atoms with Crippen LogP contribution in [0.4, 0.5) is 23.7 Å². The lowest BCUT2D eigenvalue weighted by atomic mass is 10.0. The van der Waals surface area contributed by atoms with E-state index in [9.17, 15) is 27.9 Å². The number of benzene rings is 2. The number of nitrogens with zero attached hydrogens (tertiary/aromatic N) is 1. The van der Waals surface area contributed by atoms with Crippen molar-refractivity contribution in [3.8, 4) is 11.5 Å². The summed E-state index contributed by atoms with van der Waals surface area (Å²) >= 11 is 0. The zero-order valence-corrected chi connectivity index (χ0v) is 21.8. The number of hydrogen-bond donors (Lipinski definition) is 2. The largest absolute Gasteiger partial charge is 0.573 e. The number of halogens is 3. The van der Waals surface area contributed by atoms with E-state index in [1.807, 2.05) is 13.8 Å². The molecule has 0 aliphatic heterocycles. The van der Waals surface area contributed by atoms with Gasteiger partial charge in [-0.3, -0.25) is 0 Å². The van der Waals surface area contributed by atoms with Gasteiger partial charge in [-0.1, -0.05) is 51.0 Å². The van der Waals surface area contributed by atoms with Crippen molar-refractivity contribution in [1.82, 2.24) is 4.90 Å². The summed E-state index contributed by atoms with van der Waals surface area (Å²) in [5.41, 5.74) is 0.681. The van der Waals surface area contributed by atoms with Crippen molar-refractivity contribution in [1.29, 1.82) is 0 Å². The number of anilines is 1. The number of amides is 2. The monoisotopic (exact) mass is 540 g/mol. The number of carboxylic acid groups (broad SMARTS) is 1. The summed E-state index contributed by atoms with van der Waals surface area (Å²) in [6.07, 6.45) is -3.95. The topological polar surface area (TPSA) is 97.3 Å². The highest BCUT2D eigenvalue weighted by molar-refractivity contribution is 5.91. The molecule has 0 saturated carbocycles. The minimum Gasteiger partial charge on any atom is -0.492 e. The first-order valence-corrected chi connectivity index (χ1v) is 12.5. The van der Waals surface area contributed by atoms with Crippen LogP contribution in [0.25, 0.3) is 0 Å². The number of nitrogens with one attached hydrogen (secondary N) is 1. The Morgan fingerprint density at radius 1 is 1.03 bits per heavy atom. The number of hydrogen-bond acceptors (Lipinski definition) is 5. The lowest BCUT2D eigenvalue weighted by Gasteiger charge is -2.27. The first-order chi connectivity index (χ1) is 18.1. The molecule has 0 radical (unpaired) electrons. The number of para-hydroxylation sites is 2. The molecular weight excluding hydrogens is 505 g/mol. The number of carboxylic acids is 1. The normalized spacial score (nSPS) is 12.2. The highest BCUT2D eigenvalue weighted by atomic mass is 19.4. The zero-order chi connectivity index (χ0) is 28.1. The second kappa shape index (κ2) is 15.1. The van der Waals surface area contributed by atoms with Crippen molar-refractivity contribution >= 4 is 17.7 Å². The van der Waals surface area contributed by atoms with Crippen LogP contribution in [0.3, 0.4) is 0 Å². The number of carbonyl (C=O) groups excluding carboxylic acids is 1. The summed E-state index contributed by atoms with van der Waals surface area (Å²) in [5.74, 6) is -0.796. The van der Waals surface area contributed by atoms with Gasteiger partial charge in [0.2, 0.25) is 0 Å². The zero-order valence-electron chi connectivity index (χ0n) is 21.8. The maximum absolute atomic E-state index is 13.1. The molecule has 2 N–H and O–H groups in total. The van der Waals surface area contributed by atoms with Crippen molar-refractivity contribution in [2.24, 2.45) is 5.92 Å². The first-order valence-electron chi connectivity index (χ1n) is 12.5. The second-order valence-electron chi connectivity index (χ2n) is 8.58. The molecule has 0 bridgehead atoms. The van der Waals surface area contributed by atoms with Gasteiger partial charge in [0.05, 0.1) is 12.2 Å². The summed E-state index contributed by atoms with van der Waals surface area (Å²) < 4.78 is 53.4. The molecule has 0 aliphatic carbocycles. The van der Waals surface area contributed by atoms with Crippen LogP contribution >= 0.6 is 0 Å². The van der Waals surface area contributed by atoms with E-state index in [0.29, 0.717) is 18.9 Å². The van der Waals surface area contributed by atoms with E-state index in [-0.39, 0.29) is 31.2 Å². The molecular formula is C27H35F3N2O6. The fourth-order valence-corrected chi connectivity index (χ4v) is 3.74. The summed E-state index contributed by atoms with van der Waals surface area (Å²) in [6.45, 7) is 6.78. The van der Waals surface area contributed by atoms with Crippen molar-refractivity contribution in [2.45, 2.75) is 52.5 Å². The van der Waals surface area contributed by atoms with E-state index in [2.05, 4.69) is 10.1 Å². The molecule has 2 rings (SSSR count). The molecule has 1 atom stereocenters. The molecule has 0 aromatic heterocycles. The highest BCUT2D eigenvalue weighted by Crippen LogP contribution is 2.30. The summed E-state index contributed by atoms with van der Waals surface area (Å²) in [6, 6.07) is 11.7. The molecule has 210 valence electrons. The Morgan fingerprint density at radius 2 is 1.68 bits per heavy atom. The van der Waals surface area contributed by atoms with Gasteiger partial charge in [0, 0.05) is 19.6 Å². The van der Waals surface area contributed by atoms with Crippen LogP contribution in [-0.2, 0) is 16.0 Å². The number of urea groups is 1. The Bertz CT molecular complexity index is 1010. The lowest BCUT2D eigenvalue weighted by Crippen LogP contribution is -2.41. The third-order valence-corrected chi connectivity index (χ3v) is 5.89. The van der Waals surface area contributed by atoms with Gasteiger partial charge in [-0.2, -0.15) is 0 Å². The van der Waals surface area contributed by atoms with E-state index < -0.39 is 30.2 Å². The molecule has 2 aromatic rings. The van der Waals surface area contributed by atoms with Crippen molar-refractivity contribution in [3.63, 3.8) is 0 Å². The molecule has 0 spiro atoms. The summed E-state index contributed by atoms with van der Waals surface area (Å²) in [4.78, 5) is 25.9. The first kappa shape index (κ1) is 30.8. The average molecular weight is 541 g/mol. The van der Waals surface area contributed by atoms with Crippen molar-refractivity contribution in [3.05, 3.63) is 54.1 Å². The molecule has 0 saturated heterocycles. The number of ether oxygens (including phenoxy) is 3. The van der Waals surface area contributed by atoms with Gasteiger partial charge in [0.25, 0.3) is 0 Å². The minimum atomic E-state index is -4.89. The fourth-order valence-electron chi connectivity index (χ4n) is 3.74. The van der Waals surface area contributed by atoms with Gasteiger partial charge in [-0.05, 0) is 42.7 Å². The van der Waals surface area contributed by atoms with Crippen LogP contribution in [0.5, 0.6) is 11.5 Å². The van der Waals surface area contributed by atoms with Gasteiger partial charge in [0.15, 0.2) is 11.9 Å². The number of rotatable bonds is 15. The summed E-state index contributed by atoms with van der Waals surface area (Å²) in [5, 5.41) is 11.8. The van der Waals surface area contributed by atoms with Crippen molar-refractivity contribution in [2.75, 3.05) is 31.6 Å². The van der Waals surface area contributed by atoms with Crippen LogP contribution in [-0.4, -0.2) is 60.8 Å². The Balaban J connectivity index is 2.04. The molecule has 0 fully saturated rings. The van der Waals surface area contributed by atoms with Gasteiger partial charge >= 0.3 is 18.4 Å². The van der Waals surface area contributed by atoms with Gasteiger partial charge in [-0.25, -0.2) is 9.59 Å². The molecule has 2 aromatic carbocycles. The van der Waals surface area contributed by atoms with Crippen LogP contribution in [0.2, 0.25) is 0 Å². The molecule has 2 amide bonds. The Kier molecular flexibility index (Phi) is 12.2. The van der Waals surface area contributed by atoms with Crippen LogP contribution in [0.15, 0.2) is 48.5 Å². The molecule has 11 heteroatoms. The molecule has 8 nitrogen and oxygen atoms in total. The fraction of sp³-hybridized carbons (Fsp3) is 0.481. The standard InChI is InChI=1S/C27H35F3N2O6/c1-4-19(5-2)18-32(26(35)31-22-9-7-8-10-23(22)38-27(28,29)30)15-16-37-21-13-11-20(12-14-21)17-24(25(33)34)36-6-3/h7-14,19,24H,4-6,15-18H2,1-3H3,(H,31,35)(H,33,34). The SMILES string of the molecule is CCOC(Cc1ccc(OCCN(CC(CC)CC)C(=O)Nc2ccccc2OC(F)(F)F)cc1)C(=O)O. The third-order valence-electron chi connectivity index (χ3n) is 5.89. The number of alkyl halides is 3. The average Bonchev–Trinajstić information content (AvgIpc) is 2.87. The Morgan fingerprint density at radius 3 is 2.26 bits per heavy atom. The van der Waals surface area contributed by atoms with Gasteiger partial charge in [0.1, 0.15) is 12.4 Å². The Labute approximate surface area is 220 Å². The van der Waals surface area contributed by atoms with Crippen molar-refractivity contribution < 1.29 is 42.1 Å². The molecule has 1 unspecified atom stereocenters. The van der Waals surface area contributed by atoms with Gasteiger partial charge in [-0.15, -0.1) is 13.2 Å². The van der Waals surface area contributed by atoms with Crippen LogP contribution < -0.4 is 14.8 Å². The maximum Gasteiger partial charge on any atom is 0.573 e. The maximum atomic E-state index is 13.1. The predicted molar refractivity (Wildman–Crippen MR) is 136 cm³/mol. The molecule has 0 heterocycles. The van der Waals surface area contributed by atoms with E-state index in [1.54, 1.807) is 31.2 Å². The van der Waals surface area contributed by atoms with E-state index >= 15 is 0 Å². The van der Waals surface area contributed by atoms with E-state index in [0.717, 1.165) is 24.5 Å². The van der Waals surface area contributed by atoms with Gasteiger partial charge < -0.3 is 29.5 Å². The minimum absolute atomic E-state index is 0.0902. The van der Waals surface area contributed by atoms with E-state index in [1.165, 1.54) is 23.1 Å². The lowest BCUT2D eigenvalue weighted by molar-refractivity contribution is -0.274.